The molecule has 2 rings (SSSR count). The van der Waals surface area contributed by atoms with E-state index in [1.54, 1.807) is 0 Å². The number of nitrogens with two attached hydrogens (primary N) is 1. The minimum Gasteiger partial charge on any atom is -0.391 e. The summed E-state index contributed by atoms with van der Waals surface area (Å²) < 4.78 is 5.52. The highest BCUT2D eigenvalue weighted by molar-refractivity contribution is 7.80. The number of benzene rings is 1. The van der Waals surface area contributed by atoms with Crippen molar-refractivity contribution >= 4 is 28.8 Å². The number of halogens is 1. The zero-order valence-electron chi connectivity index (χ0n) is 10.4. The normalized spacial score (nSPS) is 20.9. The first-order valence-corrected chi connectivity index (χ1v) is 6.73. The fourth-order valence-corrected chi connectivity index (χ4v) is 2.48. The van der Waals surface area contributed by atoms with Gasteiger partial charge in [-0.25, -0.2) is 0 Å². The van der Waals surface area contributed by atoms with Crippen LogP contribution >= 0.6 is 23.8 Å². The van der Waals surface area contributed by atoms with Gasteiger partial charge >= 0.3 is 0 Å². The van der Waals surface area contributed by atoms with E-state index in [0.717, 1.165) is 30.2 Å². The van der Waals surface area contributed by atoms with Crippen molar-refractivity contribution in [3.05, 3.63) is 34.3 Å². The Morgan fingerprint density at radius 2 is 2.39 bits per heavy atom. The van der Waals surface area contributed by atoms with E-state index >= 15 is 0 Å². The summed E-state index contributed by atoms with van der Waals surface area (Å²) >= 11 is 11.2. The second kappa shape index (κ2) is 5.97. The van der Waals surface area contributed by atoms with Crippen molar-refractivity contribution in [2.75, 3.05) is 19.7 Å². The maximum Gasteiger partial charge on any atom is 0.120 e. The Kier molecular flexibility index (Phi) is 4.56. The number of hydrogen-bond acceptors (Lipinski definition) is 3. The van der Waals surface area contributed by atoms with Gasteiger partial charge in [-0.15, -0.1) is 0 Å². The molecule has 1 heterocycles. The molecule has 0 spiro atoms. The SMILES string of the molecule is Cc1ccc(CN2CCOC(C(N)=S)C2)c(Cl)c1. The second-order valence-electron chi connectivity index (χ2n) is 4.59. The Morgan fingerprint density at radius 1 is 1.61 bits per heavy atom. The fourth-order valence-electron chi connectivity index (χ4n) is 2.04. The molecule has 0 aliphatic carbocycles. The highest BCUT2D eigenvalue weighted by Crippen LogP contribution is 2.20. The van der Waals surface area contributed by atoms with Crippen LogP contribution in [0.5, 0.6) is 0 Å². The zero-order chi connectivity index (χ0) is 13.1. The monoisotopic (exact) mass is 284 g/mol. The van der Waals surface area contributed by atoms with Crippen LogP contribution in [0.2, 0.25) is 5.02 Å². The number of morpholine rings is 1. The van der Waals surface area contributed by atoms with Crippen molar-refractivity contribution in [3.63, 3.8) is 0 Å². The van der Waals surface area contributed by atoms with Crippen molar-refractivity contribution in [2.45, 2.75) is 19.6 Å². The molecule has 0 amide bonds. The molecule has 1 saturated heterocycles. The number of nitrogens with zero attached hydrogens (tertiary/aromatic N) is 1. The van der Waals surface area contributed by atoms with E-state index < -0.39 is 0 Å². The molecule has 1 aromatic rings. The topological polar surface area (TPSA) is 38.5 Å². The number of aryl methyl sites for hydroxylation is 1. The van der Waals surface area contributed by atoms with Gasteiger partial charge in [-0.1, -0.05) is 36.0 Å². The van der Waals surface area contributed by atoms with Crippen molar-refractivity contribution < 1.29 is 4.74 Å². The van der Waals surface area contributed by atoms with E-state index in [1.165, 1.54) is 5.56 Å². The van der Waals surface area contributed by atoms with Crippen LogP contribution in [-0.4, -0.2) is 35.7 Å². The van der Waals surface area contributed by atoms with Gasteiger partial charge in [0.25, 0.3) is 0 Å². The lowest BCUT2D eigenvalue weighted by molar-refractivity contribution is 0.00391. The first-order valence-electron chi connectivity index (χ1n) is 5.94. The highest BCUT2D eigenvalue weighted by atomic mass is 35.5. The molecule has 0 bridgehead atoms. The van der Waals surface area contributed by atoms with Crippen molar-refractivity contribution in [1.29, 1.82) is 0 Å². The summed E-state index contributed by atoms with van der Waals surface area (Å²) in [6.07, 6.45) is -0.141. The van der Waals surface area contributed by atoms with Crippen LogP contribution in [0.15, 0.2) is 18.2 Å². The highest BCUT2D eigenvalue weighted by Gasteiger charge is 2.22. The van der Waals surface area contributed by atoms with Crippen LogP contribution in [0, 0.1) is 6.92 Å². The molecule has 98 valence electrons. The number of ether oxygens (including phenoxy) is 1. The van der Waals surface area contributed by atoms with Gasteiger partial charge in [-0.05, 0) is 24.1 Å². The summed E-state index contributed by atoms with van der Waals surface area (Å²) in [5.41, 5.74) is 7.93. The molecule has 1 aliphatic rings. The molecule has 1 unspecified atom stereocenters. The van der Waals surface area contributed by atoms with Crippen LogP contribution < -0.4 is 5.73 Å². The third-order valence-electron chi connectivity index (χ3n) is 3.07. The Bertz CT molecular complexity index is 453. The van der Waals surface area contributed by atoms with Crippen LogP contribution in [0.3, 0.4) is 0 Å². The fraction of sp³-hybridized carbons (Fsp3) is 0.462. The Morgan fingerprint density at radius 3 is 3.06 bits per heavy atom. The van der Waals surface area contributed by atoms with Crippen LogP contribution in [0.25, 0.3) is 0 Å². The van der Waals surface area contributed by atoms with Crippen molar-refractivity contribution in [3.8, 4) is 0 Å². The largest absolute Gasteiger partial charge is 0.391 e. The molecular weight excluding hydrogens is 268 g/mol. The van der Waals surface area contributed by atoms with Crippen LogP contribution in [-0.2, 0) is 11.3 Å². The lowest BCUT2D eigenvalue weighted by atomic mass is 10.1. The quantitative estimate of drug-likeness (QED) is 0.863. The lowest BCUT2D eigenvalue weighted by Crippen LogP contribution is -2.47. The van der Waals surface area contributed by atoms with Gasteiger partial charge in [0.1, 0.15) is 11.1 Å². The summed E-state index contributed by atoms with van der Waals surface area (Å²) in [5.74, 6) is 0. The van der Waals surface area contributed by atoms with E-state index in [1.807, 2.05) is 13.0 Å². The smallest absolute Gasteiger partial charge is 0.120 e. The Labute approximate surface area is 118 Å². The number of rotatable bonds is 3. The molecule has 0 radical (unpaired) electrons. The number of thiocarbonyl (C=S) groups is 1. The maximum absolute atomic E-state index is 6.24. The third-order valence-corrected chi connectivity index (χ3v) is 3.69. The summed E-state index contributed by atoms with van der Waals surface area (Å²) in [4.78, 5) is 2.69. The lowest BCUT2D eigenvalue weighted by Gasteiger charge is -2.32. The molecule has 18 heavy (non-hydrogen) atoms. The summed E-state index contributed by atoms with van der Waals surface area (Å²) in [6, 6.07) is 6.14. The molecule has 1 aromatic carbocycles. The van der Waals surface area contributed by atoms with Crippen molar-refractivity contribution in [1.82, 2.24) is 4.90 Å². The summed E-state index contributed by atoms with van der Waals surface area (Å²) in [5, 5.41) is 0.813. The first-order chi connectivity index (χ1) is 8.56. The standard InChI is InChI=1S/C13H17ClN2OS/c1-9-2-3-10(11(14)6-9)7-16-4-5-17-12(8-16)13(15)18/h2-3,6,12H,4-5,7-8H2,1H3,(H2,15,18). The maximum atomic E-state index is 6.24. The summed E-state index contributed by atoms with van der Waals surface area (Å²) in [6.45, 7) is 5.11. The Hall–Kier alpha value is -0.680. The third kappa shape index (κ3) is 3.42. The van der Waals surface area contributed by atoms with E-state index in [2.05, 4.69) is 17.0 Å². The molecule has 1 aliphatic heterocycles. The van der Waals surface area contributed by atoms with E-state index in [9.17, 15) is 0 Å². The van der Waals surface area contributed by atoms with E-state index in [4.69, 9.17) is 34.3 Å². The molecule has 3 nitrogen and oxygen atoms in total. The molecule has 0 saturated carbocycles. The van der Waals surface area contributed by atoms with E-state index in [0.29, 0.717) is 11.6 Å². The van der Waals surface area contributed by atoms with E-state index in [-0.39, 0.29) is 6.10 Å². The molecular formula is C13H17ClN2OS. The van der Waals surface area contributed by atoms with Gasteiger partial charge < -0.3 is 10.5 Å². The predicted octanol–water partition coefficient (Wildman–Crippen LogP) is 2.14. The van der Waals surface area contributed by atoms with Crippen LogP contribution in [0.4, 0.5) is 0 Å². The Balaban J connectivity index is 2.02. The minimum atomic E-state index is -0.141. The average molecular weight is 285 g/mol. The van der Waals surface area contributed by atoms with Crippen LogP contribution in [0.1, 0.15) is 11.1 Å². The predicted molar refractivity (Wildman–Crippen MR) is 78.0 cm³/mol. The number of hydrogen-bond donors (Lipinski definition) is 1. The minimum absolute atomic E-state index is 0.141. The van der Waals surface area contributed by atoms with Gasteiger partial charge in [-0.3, -0.25) is 4.90 Å². The summed E-state index contributed by atoms with van der Waals surface area (Å²) in [7, 11) is 0. The van der Waals surface area contributed by atoms with Gasteiger partial charge in [0, 0.05) is 24.7 Å². The van der Waals surface area contributed by atoms with Gasteiger partial charge in [0.2, 0.25) is 0 Å². The average Bonchev–Trinajstić information content (AvgIpc) is 2.33. The zero-order valence-corrected chi connectivity index (χ0v) is 11.9. The van der Waals surface area contributed by atoms with Gasteiger partial charge in [0.15, 0.2) is 0 Å². The molecule has 5 heteroatoms. The van der Waals surface area contributed by atoms with Gasteiger partial charge in [0.05, 0.1) is 6.61 Å². The molecule has 1 atom stereocenters. The molecule has 2 N–H and O–H groups in total. The first kappa shape index (κ1) is 13.7. The molecule has 1 fully saturated rings. The van der Waals surface area contributed by atoms with Gasteiger partial charge in [-0.2, -0.15) is 0 Å². The molecule has 0 aromatic heterocycles. The second-order valence-corrected chi connectivity index (χ2v) is 5.47. The van der Waals surface area contributed by atoms with Crippen molar-refractivity contribution in [2.24, 2.45) is 5.73 Å².